The summed E-state index contributed by atoms with van der Waals surface area (Å²) >= 11 is 0. The predicted molar refractivity (Wildman–Crippen MR) is 68.5 cm³/mol. The lowest BCUT2D eigenvalue weighted by Gasteiger charge is -2.10. The topological polar surface area (TPSA) is 98.5 Å². The van der Waals surface area contributed by atoms with Gasteiger partial charge in [-0.05, 0) is 25.1 Å². The number of hydrogen-bond donors (Lipinski definition) is 2. The summed E-state index contributed by atoms with van der Waals surface area (Å²) in [5, 5.41) is 2.57. The summed E-state index contributed by atoms with van der Waals surface area (Å²) in [5.74, 6) is -0.0668. The van der Waals surface area contributed by atoms with Gasteiger partial charge in [-0.1, -0.05) is 0 Å². The molecule has 0 unspecified atom stereocenters. The molecular formula is C12H16N2O4. The van der Waals surface area contributed by atoms with Crippen molar-refractivity contribution in [2.45, 2.75) is 13.3 Å². The standard InChI is InChI=1S/C11H14N2O3.CH2O/c1-7(14)5-11(15)13-9-6-8(12)3-4-10(9)16-2;1-2/h3-4,6H,5,12H2,1-2H3,(H,13,15);1H2. The number of hydrogen-bond acceptors (Lipinski definition) is 5. The Balaban J connectivity index is 0.00000137. The van der Waals surface area contributed by atoms with Crippen molar-refractivity contribution in [3.05, 3.63) is 18.2 Å². The van der Waals surface area contributed by atoms with E-state index in [1.165, 1.54) is 14.0 Å². The number of carbonyl (C=O) groups is 3. The molecule has 1 rings (SSSR count). The summed E-state index contributed by atoms with van der Waals surface area (Å²) in [6.07, 6.45) is -0.155. The number of nitrogens with two attached hydrogens (primary N) is 1. The Labute approximate surface area is 105 Å². The fourth-order valence-electron chi connectivity index (χ4n) is 1.24. The van der Waals surface area contributed by atoms with E-state index in [1.54, 1.807) is 18.2 Å². The Bertz CT molecular complexity index is 432. The molecule has 0 aliphatic rings. The van der Waals surface area contributed by atoms with E-state index in [0.29, 0.717) is 17.1 Å². The van der Waals surface area contributed by atoms with Crippen LogP contribution < -0.4 is 15.8 Å². The van der Waals surface area contributed by atoms with Crippen LogP contribution in [0.1, 0.15) is 13.3 Å². The van der Waals surface area contributed by atoms with Crippen molar-refractivity contribution in [1.29, 1.82) is 0 Å². The van der Waals surface area contributed by atoms with E-state index in [-0.39, 0.29) is 18.1 Å². The van der Waals surface area contributed by atoms with E-state index in [1.807, 2.05) is 6.79 Å². The van der Waals surface area contributed by atoms with Gasteiger partial charge in [0, 0.05) is 5.69 Å². The Hall–Kier alpha value is -2.37. The summed E-state index contributed by atoms with van der Waals surface area (Å²) in [5.41, 5.74) is 6.56. The van der Waals surface area contributed by atoms with E-state index in [4.69, 9.17) is 15.3 Å². The molecule has 0 fully saturated rings. The Morgan fingerprint density at radius 3 is 2.50 bits per heavy atom. The van der Waals surface area contributed by atoms with E-state index < -0.39 is 0 Å². The molecule has 0 saturated heterocycles. The average Bonchev–Trinajstić information content (AvgIpc) is 2.30. The van der Waals surface area contributed by atoms with Gasteiger partial charge >= 0.3 is 0 Å². The van der Waals surface area contributed by atoms with E-state index in [2.05, 4.69) is 5.32 Å². The van der Waals surface area contributed by atoms with Crippen LogP contribution in [0.5, 0.6) is 5.75 Å². The van der Waals surface area contributed by atoms with Gasteiger partial charge in [0.05, 0.1) is 19.2 Å². The minimum atomic E-state index is -0.378. The van der Waals surface area contributed by atoms with Crippen molar-refractivity contribution in [1.82, 2.24) is 0 Å². The molecule has 1 amide bonds. The van der Waals surface area contributed by atoms with E-state index in [9.17, 15) is 9.59 Å². The summed E-state index contributed by atoms with van der Waals surface area (Å²) in [4.78, 5) is 30.1. The number of Topliss-reactive ketones (excluding diaryl/α,β-unsaturated/α-hetero) is 1. The minimum Gasteiger partial charge on any atom is -0.495 e. The van der Waals surface area contributed by atoms with Crippen molar-refractivity contribution < 1.29 is 19.1 Å². The summed E-state index contributed by atoms with van der Waals surface area (Å²) in [7, 11) is 1.49. The van der Waals surface area contributed by atoms with Crippen molar-refractivity contribution >= 4 is 29.9 Å². The number of ether oxygens (including phenoxy) is 1. The number of carbonyl (C=O) groups excluding carboxylic acids is 3. The summed E-state index contributed by atoms with van der Waals surface area (Å²) in [6, 6.07) is 4.90. The van der Waals surface area contributed by atoms with E-state index in [0.717, 1.165) is 0 Å². The molecule has 0 bridgehead atoms. The highest BCUT2D eigenvalue weighted by atomic mass is 16.5. The first-order valence-electron chi connectivity index (χ1n) is 5.04. The van der Waals surface area contributed by atoms with Crippen LogP contribution in [0.4, 0.5) is 11.4 Å². The third-order valence-corrected chi connectivity index (χ3v) is 1.91. The van der Waals surface area contributed by atoms with Gasteiger partial charge in [-0.15, -0.1) is 0 Å². The molecule has 1 aromatic carbocycles. The maximum Gasteiger partial charge on any atom is 0.231 e. The van der Waals surface area contributed by atoms with Crippen LogP contribution in [0.3, 0.4) is 0 Å². The van der Waals surface area contributed by atoms with Gasteiger partial charge in [-0.3, -0.25) is 9.59 Å². The van der Waals surface area contributed by atoms with Gasteiger partial charge in [0.15, 0.2) is 0 Å². The quantitative estimate of drug-likeness (QED) is 0.615. The fraction of sp³-hybridized carbons (Fsp3) is 0.250. The van der Waals surface area contributed by atoms with Crippen molar-refractivity contribution in [3.8, 4) is 5.75 Å². The summed E-state index contributed by atoms with van der Waals surface area (Å²) in [6.45, 7) is 3.36. The van der Waals surface area contributed by atoms with Crippen molar-refractivity contribution in [3.63, 3.8) is 0 Å². The second-order valence-corrected chi connectivity index (χ2v) is 3.39. The highest BCUT2D eigenvalue weighted by Crippen LogP contribution is 2.26. The first kappa shape index (κ1) is 15.6. The fourth-order valence-corrected chi connectivity index (χ4v) is 1.24. The molecule has 0 saturated carbocycles. The number of rotatable bonds is 4. The Kier molecular flexibility index (Phi) is 6.80. The minimum absolute atomic E-state index is 0.155. The molecule has 18 heavy (non-hydrogen) atoms. The van der Waals surface area contributed by atoms with Crippen LogP contribution in [-0.4, -0.2) is 25.6 Å². The SMILES string of the molecule is C=O.COc1ccc(N)cc1NC(=O)CC(C)=O. The van der Waals surface area contributed by atoms with Crippen molar-refractivity contribution in [2.75, 3.05) is 18.2 Å². The maximum atomic E-state index is 11.4. The smallest absolute Gasteiger partial charge is 0.231 e. The molecule has 1 aromatic rings. The van der Waals surface area contributed by atoms with Gasteiger partial charge in [-0.25, -0.2) is 0 Å². The zero-order valence-electron chi connectivity index (χ0n) is 10.4. The highest BCUT2D eigenvalue weighted by Gasteiger charge is 2.09. The monoisotopic (exact) mass is 252 g/mol. The molecule has 0 atom stereocenters. The second-order valence-electron chi connectivity index (χ2n) is 3.39. The lowest BCUT2D eigenvalue weighted by molar-refractivity contribution is -0.124. The third-order valence-electron chi connectivity index (χ3n) is 1.91. The molecule has 6 nitrogen and oxygen atoms in total. The van der Waals surface area contributed by atoms with Gasteiger partial charge in [0.2, 0.25) is 5.91 Å². The lowest BCUT2D eigenvalue weighted by Crippen LogP contribution is -2.15. The van der Waals surface area contributed by atoms with Crippen LogP contribution in [0.2, 0.25) is 0 Å². The van der Waals surface area contributed by atoms with Crippen LogP contribution in [0, 0.1) is 0 Å². The third kappa shape index (κ3) is 5.11. The lowest BCUT2D eigenvalue weighted by atomic mass is 10.2. The number of benzene rings is 1. The number of anilines is 2. The maximum absolute atomic E-state index is 11.4. The highest BCUT2D eigenvalue weighted by molar-refractivity contribution is 6.04. The van der Waals surface area contributed by atoms with Gasteiger partial charge in [0.1, 0.15) is 18.3 Å². The second kappa shape index (κ2) is 7.83. The zero-order valence-corrected chi connectivity index (χ0v) is 10.4. The molecule has 0 aliphatic carbocycles. The Morgan fingerprint density at radius 1 is 1.39 bits per heavy atom. The number of nitrogens with one attached hydrogen (secondary N) is 1. The number of ketones is 1. The first-order chi connectivity index (χ1) is 8.52. The molecular weight excluding hydrogens is 236 g/mol. The molecule has 0 aliphatic heterocycles. The molecule has 0 aromatic heterocycles. The van der Waals surface area contributed by atoms with Gasteiger partial charge in [0.25, 0.3) is 0 Å². The molecule has 98 valence electrons. The van der Waals surface area contributed by atoms with Crippen LogP contribution in [0.25, 0.3) is 0 Å². The molecule has 0 radical (unpaired) electrons. The average molecular weight is 252 g/mol. The number of methoxy groups -OCH3 is 1. The molecule has 0 heterocycles. The predicted octanol–water partition coefficient (Wildman–Crippen LogP) is 1.01. The molecule has 0 spiro atoms. The van der Waals surface area contributed by atoms with E-state index >= 15 is 0 Å². The molecule has 3 N–H and O–H groups in total. The largest absolute Gasteiger partial charge is 0.495 e. The van der Waals surface area contributed by atoms with Crippen LogP contribution in [-0.2, 0) is 14.4 Å². The number of nitrogen functional groups attached to an aromatic ring is 1. The molecule has 6 heteroatoms. The Morgan fingerprint density at radius 2 is 2.00 bits per heavy atom. The summed E-state index contributed by atoms with van der Waals surface area (Å²) < 4.78 is 5.05. The van der Waals surface area contributed by atoms with Crippen LogP contribution in [0.15, 0.2) is 18.2 Å². The van der Waals surface area contributed by atoms with Crippen LogP contribution >= 0.6 is 0 Å². The number of amides is 1. The normalized spacial score (nSPS) is 8.78. The van der Waals surface area contributed by atoms with Crippen molar-refractivity contribution in [2.24, 2.45) is 0 Å². The van der Waals surface area contributed by atoms with Gasteiger partial charge < -0.3 is 20.6 Å². The zero-order chi connectivity index (χ0) is 14.1. The first-order valence-corrected chi connectivity index (χ1v) is 5.04. The van der Waals surface area contributed by atoms with Gasteiger partial charge in [-0.2, -0.15) is 0 Å².